The van der Waals surface area contributed by atoms with Gasteiger partial charge in [0.1, 0.15) is 0 Å². The van der Waals surface area contributed by atoms with Gasteiger partial charge in [-0.25, -0.2) is 4.68 Å². The van der Waals surface area contributed by atoms with E-state index in [2.05, 4.69) is 42.3 Å². The monoisotopic (exact) mass is 311 g/mol. The van der Waals surface area contributed by atoms with Crippen molar-refractivity contribution < 1.29 is 4.74 Å². The highest BCUT2D eigenvalue weighted by atomic mass is 16.5. The van der Waals surface area contributed by atoms with Crippen LogP contribution in [0.3, 0.4) is 0 Å². The minimum absolute atomic E-state index is 0.708. The van der Waals surface area contributed by atoms with E-state index in [1.807, 2.05) is 10.7 Å². The number of aromatic nitrogens is 2. The van der Waals surface area contributed by atoms with E-state index in [4.69, 9.17) is 9.84 Å². The van der Waals surface area contributed by atoms with Crippen molar-refractivity contribution in [3.05, 3.63) is 47.8 Å². The number of hydrogen-bond acceptors (Lipinski definition) is 3. The molecule has 2 heterocycles. The molecule has 2 fully saturated rings. The Bertz CT molecular complexity index is 642. The van der Waals surface area contributed by atoms with Crippen LogP contribution >= 0.6 is 0 Å². The fourth-order valence-corrected chi connectivity index (χ4v) is 3.42. The van der Waals surface area contributed by atoms with E-state index in [0.717, 1.165) is 37.2 Å². The molecule has 1 aliphatic carbocycles. The van der Waals surface area contributed by atoms with Crippen molar-refractivity contribution in [2.45, 2.75) is 38.8 Å². The van der Waals surface area contributed by atoms with Gasteiger partial charge < -0.3 is 4.74 Å². The summed E-state index contributed by atoms with van der Waals surface area (Å²) in [6.45, 7) is 6.18. The first-order chi connectivity index (χ1) is 11.3. The maximum absolute atomic E-state index is 5.55. The van der Waals surface area contributed by atoms with Crippen molar-refractivity contribution in [2.24, 2.45) is 5.92 Å². The molecule has 23 heavy (non-hydrogen) atoms. The van der Waals surface area contributed by atoms with Crippen LogP contribution < -0.4 is 0 Å². The summed E-state index contributed by atoms with van der Waals surface area (Å²) in [4.78, 5) is 2.65. The highest BCUT2D eigenvalue weighted by Crippen LogP contribution is 2.30. The molecule has 0 spiro atoms. The molecule has 0 bridgehead atoms. The van der Waals surface area contributed by atoms with Gasteiger partial charge in [-0.05, 0) is 44.2 Å². The predicted octanol–water partition coefficient (Wildman–Crippen LogP) is 3.18. The normalized spacial score (nSPS) is 21.2. The quantitative estimate of drug-likeness (QED) is 0.821. The van der Waals surface area contributed by atoms with Crippen LogP contribution in [-0.2, 0) is 11.3 Å². The number of nitrogens with zero attached hydrogens (tertiary/aromatic N) is 3. The maximum Gasteiger partial charge on any atom is 0.0645 e. The summed E-state index contributed by atoms with van der Waals surface area (Å²) in [5.74, 6) is 0.708. The predicted molar refractivity (Wildman–Crippen MR) is 90.7 cm³/mol. The zero-order chi connectivity index (χ0) is 15.6. The third-order valence-electron chi connectivity index (χ3n) is 4.97. The van der Waals surface area contributed by atoms with Crippen LogP contribution in [0.1, 0.15) is 30.5 Å². The standard InChI is InChI=1S/C19H25N3O/c1-15-17(13-22(20-15)19-5-3-2-4-6-19)12-21(18-7-8-18)11-16-9-10-23-14-16/h2-6,13,16,18H,7-12,14H2,1H3/t16-/m1/s1. The van der Waals surface area contributed by atoms with Gasteiger partial charge in [-0.1, -0.05) is 18.2 Å². The molecule has 122 valence electrons. The van der Waals surface area contributed by atoms with E-state index in [1.54, 1.807) is 0 Å². The van der Waals surface area contributed by atoms with Crippen LogP contribution in [0.5, 0.6) is 0 Å². The van der Waals surface area contributed by atoms with Crippen molar-refractivity contribution >= 4 is 0 Å². The van der Waals surface area contributed by atoms with E-state index in [1.165, 1.54) is 31.4 Å². The Morgan fingerprint density at radius 1 is 1.22 bits per heavy atom. The molecule has 1 atom stereocenters. The number of hydrogen-bond donors (Lipinski definition) is 0. The van der Waals surface area contributed by atoms with Gasteiger partial charge in [0, 0.05) is 37.5 Å². The van der Waals surface area contributed by atoms with Crippen LogP contribution in [0.2, 0.25) is 0 Å². The molecule has 1 aliphatic heterocycles. The van der Waals surface area contributed by atoms with Gasteiger partial charge in [0.05, 0.1) is 18.0 Å². The van der Waals surface area contributed by atoms with Crippen molar-refractivity contribution in [3.63, 3.8) is 0 Å². The summed E-state index contributed by atoms with van der Waals surface area (Å²) in [6.07, 6.45) is 6.11. The molecule has 1 aromatic heterocycles. The summed E-state index contributed by atoms with van der Waals surface area (Å²) in [7, 11) is 0. The molecule has 0 N–H and O–H groups in total. The highest BCUT2D eigenvalue weighted by Gasteiger charge is 2.32. The lowest BCUT2D eigenvalue weighted by Crippen LogP contribution is -2.31. The number of aryl methyl sites for hydroxylation is 1. The molecule has 1 aromatic carbocycles. The van der Waals surface area contributed by atoms with Crippen LogP contribution in [0.25, 0.3) is 5.69 Å². The van der Waals surface area contributed by atoms with Gasteiger partial charge in [-0.3, -0.25) is 4.90 Å². The third kappa shape index (κ3) is 3.48. The molecule has 0 amide bonds. The molecule has 4 nitrogen and oxygen atoms in total. The van der Waals surface area contributed by atoms with Gasteiger partial charge in [0.25, 0.3) is 0 Å². The average Bonchev–Trinajstić information content (AvgIpc) is 3.18. The summed E-state index contributed by atoms with van der Waals surface area (Å²) < 4.78 is 7.56. The van der Waals surface area contributed by atoms with Crippen LogP contribution in [0.4, 0.5) is 0 Å². The van der Waals surface area contributed by atoms with Gasteiger partial charge in [0.2, 0.25) is 0 Å². The Hall–Kier alpha value is -1.65. The molecule has 4 heteroatoms. The van der Waals surface area contributed by atoms with E-state index < -0.39 is 0 Å². The second-order valence-corrected chi connectivity index (χ2v) is 6.91. The molecule has 2 aromatic rings. The van der Waals surface area contributed by atoms with Crippen molar-refractivity contribution in [1.29, 1.82) is 0 Å². The molecular weight excluding hydrogens is 286 g/mol. The van der Waals surface area contributed by atoms with Gasteiger partial charge in [-0.15, -0.1) is 0 Å². The Balaban J connectivity index is 1.49. The van der Waals surface area contributed by atoms with E-state index in [-0.39, 0.29) is 0 Å². The van der Waals surface area contributed by atoms with Gasteiger partial charge >= 0.3 is 0 Å². The van der Waals surface area contributed by atoms with Crippen molar-refractivity contribution in [3.8, 4) is 5.69 Å². The SMILES string of the molecule is Cc1nn(-c2ccccc2)cc1CN(C[C@H]1CCOC1)C1CC1. The summed E-state index contributed by atoms with van der Waals surface area (Å²) >= 11 is 0. The fraction of sp³-hybridized carbons (Fsp3) is 0.526. The van der Waals surface area contributed by atoms with Crippen molar-refractivity contribution in [1.82, 2.24) is 14.7 Å². The lowest BCUT2D eigenvalue weighted by atomic mass is 10.1. The number of ether oxygens (including phenoxy) is 1. The number of rotatable bonds is 6. The largest absolute Gasteiger partial charge is 0.381 e. The lowest BCUT2D eigenvalue weighted by Gasteiger charge is -2.24. The van der Waals surface area contributed by atoms with Crippen LogP contribution in [-0.4, -0.2) is 40.5 Å². The van der Waals surface area contributed by atoms with Crippen molar-refractivity contribution in [2.75, 3.05) is 19.8 Å². The average molecular weight is 311 g/mol. The zero-order valence-electron chi connectivity index (χ0n) is 13.8. The minimum Gasteiger partial charge on any atom is -0.381 e. The molecule has 4 rings (SSSR count). The first kappa shape index (κ1) is 14.9. The minimum atomic E-state index is 0.708. The second kappa shape index (κ2) is 6.46. The first-order valence-corrected chi connectivity index (χ1v) is 8.72. The van der Waals surface area contributed by atoms with Gasteiger partial charge in [0.15, 0.2) is 0 Å². The number of para-hydroxylation sites is 1. The topological polar surface area (TPSA) is 30.3 Å². The van der Waals surface area contributed by atoms with Gasteiger partial charge in [-0.2, -0.15) is 5.10 Å². The molecule has 0 radical (unpaired) electrons. The Morgan fingerprint density at radius 2 is 2.04 bits per heavy atom. The maximum atomic E-state index is 5.55. The Morgan fingerprint density at radius 3 is 2.74 bits per heavy atom. The molecule has 1 saturated heterocycles. The highest BCUT2D eigenvalue weighted by molar-refractivity contribution is 5.32. The molecule has 2 aliphatic rings. The zero-order valence-corrected chi connectivity index (χ0v) is 13.8. The molecule has 0 unspecified atom stereocenters. The first-order valence-electron chi connectivity index (χ1n) is 8.72. The fourth-order valence-electron chi connectivity index (χ4n) is 3.42. The van der Waals surface area contributed by atoms with E-state index in [9.17, 15) is 0 Å². The summed E-state index contributed by atoms with van der Waals surface area (Å²) in [6, 6.07) is 11.1. The number of benzene rings is 1. The summed E-state index contributed by atoms with van der Waals surface area (Å²) in [5, 5.41) is 4.71. The Kier molecular flexibility index (Phi) is 4.19. The lowest BCUT2D eigenvalue weighted by molar-refractivity contribution is 0.161. The van der Waals surface area contributed by atoms with E-state index >= 15 is 0 Å². The smallest absolute Gasteiger partial charge is 0.0645 e. The van der Waals surface area contributed by atoms with Crippen LogP contribution in [0.15, 0.2) is 36.5 Å². The molecule has 1 saturated carbocycles. The second-order valence-electron chi connectivity index (χ2n) is 6.91. The molecular formula is C19H25N3O. The third-order valence-corrected chi connectivity index (χ3v) is 4.97. The summed E-state index contributed by atoms with van der Waals surface area (Å²) in [5.41, 5.74) is 3.62. The van der Waals surface area contributed by atoms with E-state index in [0.29, 0.717) is 5.92 Å². The van der Waals surface area contributed by atoms with Crippen LogP contribution in [0, 0.1) is 12.8 Å². The Labute approximate surface area is 138 Å².